The lowest BCUT2D eigenvalue weighted by Crippen LogP contribution is -2.44. The normalized spacial score (nSPS) is 19.7. The first-order valence-corrected chi connectivity index (χ1v) is 7.98. The molecule has 0 saturated carbocycles. The molecule has 5 nitrogen and oxygen atoms in total. The van der Waals surface area contributed by atoms with Gasteiger partial charge in [-0.1, -0.05) is 43.6 Å². The first-order valence-electron chi connectivity index (χ1n) is 7.60. The number of nitrogens with zero attached hydrogens (tertiary/aromatic N) is 2. The first kappa shape index (κ1) is 16.0. The molecule has 1 N–H and O–H groups in total. The van der Waals surface area contributed by atoms with Gasteiger partial charge in [0.25, 0.3) is 5.91 Å². The fourth-order valence-electron chi connectivity index (χ4n) is 2.61. The number of benzene rings is 1. The topological polar surface area (TPSA) is 56.1 Å². The van der Waals surface area contributed by atoms with E-state index in [1.54, 1.807) is 17.1 Å². The van der Waals surface area contributed by atoms with Gasteiger partial charge < -0.3 is 10.1 Å². The van der Waals surface area contributed by atoms with Crippen LogP contribution in [0.4, 0.5) is 0 Å². The maximum atomic E-state index is 12.4. The maximum Gasteiger partial charge on any atom is 0.254 e. The Morgan fingerprint density at radius 2 is 2.26 bits per heavy atom. The molecule has 122 valence electrons. The molecule has 1 fully saturated rings. The highest BCUT2D eigenvalue weighted by atomic mass is 35.5. The molecule has 3 rings (SSSR count). The predicted octanol–water partition coefficient (Wildman–Crippen LogP) is 2.74. The molecule has 2 aromatic rings. The van der Waals surface area contributed by atoms with Crippen LogP contribution in [0.15, 0.2) is 36.7 Å². The van der Waals surface area contributed by atoms with Crippen LogP contribution in [0.1, 0.15) is 29.8 Å². The number of nitrogens with one attached hydrogen (secondary N) is 1. The summed E-state index contributed by atoms with van der Waals surface area (Å²) in [5.41, 5.74) is 1.46. The van der Waals surface area contributed by atoms with Crippen molar-refractivity contribution in [3.8, 4) is 0 Å². The van der Waals surface area contributed by atoms with Crippen LogP contribution >= 0.6 is 11.6 Å². The second-order valence-electron chi connectivity index (χ2n) is 6.55. The maximum absolute atomic E-state index is 12.4. The number of hydrogen-bond donors (Lipinski definition) is 1. The minimum atomic E-state index is -0.126. The molecule has 1 saturated heterocycles. The Balaban J connectivity index is 1.67. The quantitative estimate of drug-likeness (QED) is 0.936. The molecule has 1 aliphatic heterocycles. The lowest BCUT2D eigenvalue weighted by atomic mass is 9.88. The van der Waals surface area contributed by atoms with Gasteiger partial charge in [0.1, 0.15) is 0 Å². The van der Waals surface area contributed by atoms with Crippen LogP contribution < -0.4 is 5.32 Å². The third kappa shape index (κ3) is 3.57. The fourth-order valence-corrected chi connectivity index (χ4v) is 2.81. The first-order chi connectivity index (χ1) is 11.0. The van der Waals surface area contributed by atoms with Gasteiger partial charge in [-0.15, -0.1) is 0 Å². The van der Waals surface area contributed by atoms with Crippen LogP contribution in [-0.2, 0) is 11.3 Å². The van der Waals surface area contributed by atoms with Crippen molar-refractivity contribution in [3.05, 3.63) is 52.8 Å². The van der Waals surface area contributed by atoms with Gasteiger partial charge >= 0.3 is 0 Å². The SMILES string of the molecule is CC1(C)COCC1NC(=O)c1cnn(Cc2ccccc2Cl)c1. The Labute approximate surface area is 140 Å². The Bertz CT molecular complexity index is 711. The Morgan fingerprint density at radius 3 is 2.96 bits per heavy atom. The molecule has 2 heterocycles. The molecule has 1 aromatic heterocycles. The summed E-state index contributed by atoms with van der Waals surface area (Å²) in [6, 6.07) is 7.62. The van der Waals surface area contributed by atoms with Crippen molar-refractivity contribution in [2.45, 2.75) is 26.4 Å². The van der Waals surface area contributed by atoms with Crippen molar-refractivity contribution in [2.24, 2.45) is 5.41 Å². The highest BCUT2D eigenvalue weighted by Crippen LogP contribution is 2.27. The average Bonchev–Trinajstić information content (AvgIpc) is 3.09. The van der Waals surface area contributed by atoms with Crippen LogP contribution in [0.3, 0.4) is 0 Å². The van der Waals surface area contributed by atoms with Gasteiger partial charge in [0.2, 0.25) is 0 Å². The number of rotatable bonds is 4. The molecule has 6 heteroatoms. The third-order valence-corrected chi connectivity index (χ3v) is 4.56. The van der Waals surface area contributed by atoms with Crippen molar-refractivity contribution in [1.29, 1.82) is 0 Å². The minimum Gasteiger partial charge on any atom is -0.379 e. The number of hydrogen-bond acceptors (Lipinski definition) is 3. The van der Waals surface area contributed by atoms with E-state index < -0.39 is 0 Å². The zero-order chi connectivity index (χ0) is 16.4. The van der Waals surface area contributed by atoms with Gasteiger partial charge in [0, 0.05) is 16.6 Å². The summed E-state index contributed by atoms with van der Waals surface area (Å²) in [5, 5.41) is 7.97. The third-order valence-electron chi connectivity index (χ3n) is 4.19. The summed E-state index contributed by atoms with van der Waals surface area (Å²) < 4.78 is 7.17. The zero-order valence-electron chi connectivity index (χ0n) is 13.3. The summed E-state index contributed by atoms with van der Waals surface area (Å²) in [6.07, 6.45) is 3.32. The highest BCUT2D eigenvalue weighted by molar-refractivity contribution is 6.31. The van der Waals surface area contributed by atoms with E-state index in [4.69, 9.17) is 16.3 Å². The standard InChI is InChI=1S/C17H20ClN3O2/c1-17(2)11-23-10-15(17)20-16(22)13-7-19-21(9-13)8-12-5-3-4-6-14(12)18/h3-7,9,15H,8,10-11H2,1-2H3,(H,20,22). The molecule has 1 amide bonds. The molecule has 1 aliphatic rings. The number of amides is 1. The van der Waals surface area contributed by atoms with E-state index in [2.05, 4.69) is 24.3 Å². The largest absolute Gasteiger partial charge is 0.379 e. The Kier molecular flexibility index (Phi) is 4.41. The predicted molar refractivity (Wildman–Crippen MR) is 88.6 cm³/mol. The van der Waals surface area contributed by atoms with Crippen molar-refractivity contribution in [1.82, 2.24) is 15.1 Å². The number of ether oxygens (including phenoxy) is 1. The highest BCUT2D eigenvalue weighted by Gasteiger charge is 2.36. The van der Waals surface area contributed by atoms with E-state index in [-0.39, 0.29) is 17.4 Å². The van der Waals surface area contributed by atoms with Crippen LogP contribution in [0.2, 0.25) is 5.02 Å². The summed E-state index contributed by atoms with van der Waals surface area (Å²) in [5.74, 6) is -0.126. The lowest BCUT2D eigenvalue weighted by molar-refractivity contribution is 0.0915. The van der Waals surface area contributed by atoms with Gasteiger partial charge in [-0.3, -0.25) is 9.48 Å². The van der Waals surface area contributed by atoms with Crippen LogP contribution in [0, 0.1) is 5.41 Å². The van der Waals surface area contributed by atoms with Gasteiger partial charge in [-0.05, 0) is 11.6 Å². The van der Waals surface area contributed by atoms with Crippen LogP contribution in [0.5, 0.6) is 0 Å². The molecule has 1 unspecified atom stereocenters. The number of halogens is 1. The fraction of sp³-hybridized carbons (Fsp3) is 0.412. The number of carbonyl (C=O) groups excluding carboxylic acids is 1. The van der Waals surface area contributed by atoms with E-state index in [1.165, 1.54) is 0 Å². The van der Waals surface area contributed by atoms with Crippen LogP contribution in [-0.4, -0.2) is 34.9 Å². The molecule has 0 spiro atoms. The lowest BCUT2D eigenvalue weighted by Gasteiger charge is -2.25. The molecule has 0 radical (unpaired) electrons. The second kappa shape index (κ2) is 6.34. The summed E-state index contributed by atoms with van der Waals surface area (Å²) in [4.78, 5) is 12.4. The van der Waals surface area contributed by atoms with Gasteiger partial charge in [0.05, 0.1) is 37.6 Å². The Morgan fingerprint density at radius 1 is 1.48 bits per heavy atom. The van der Waals surface area contributed by atoms with E-state index in [9.17, 15) is 4.79 Å². The molecular formula is C17H20ClN3O2. The average molecular weight is 334 g/mol. The minimum absolute atomic E-state index is 0.0157. The summed E-state index contributed by atoms with van der Waals surface area (Å²) in [7, 11) is 0. The Hall–Kier alpha value is -1.85. The van der Waals surface area contributed by atoms with E-state index in [0.29, 0.717) is 30.3 Å². The van der Waals surface area contributed by atoms with Gasteiger partial charge in [0.15, 0.2) is 0 Å². The molecular weight excluding hydrogens is 314 g/mol. The van der Waals surface area contributed by atoms with Crippen molar-refractivity contribution < 1.29 is 9.53 Å². The van der Waals surface area contributed by atoms with E-state index in [1.807, 2.05) is 24.3 Å². The van der Waals surface area contributed by atoms with Crippen molar-refractivity contribution in [3.63, 3.8) is 0 Å². The van der Waals surface area contributed by atoms with Crippen molar-refractivity contribution >= 4 is 17.5 Å². The monoisotopic (exact) mass is 333 g/mol. The van der Waals surface area contributed by atoms with Crippen LogP contribution in [0.25, 0.3) is 0 Å². The smallest absolute Gasteiger partial charge is 0.254 e. The molecule has 1 atom stereocenters. The number of carbonyl (C=O) groups is 1. The molecule has 23 heavy (non-hydrogen) atoms. The van der Waals surface area contributed by atoms with E-state index in [0.717, 1.165) is 5.56 Å². The number of aromatic nitrogens is 2. The molecule has 0 aliphatic carbocycles. The zero-order valence-corrected chi connectivity index (χ0v) is 14.0. The van der Waals surface area contributed by atoms with Gasteiger partial charge in [-0.25, -0.2) is 0 Å². The molecule has 1 aromatic carbocycles. The summed E-state index contributed by atoms with van der Waals surface area (Å²) >= 11 is 6.15. The van der Waals surface area contributed by atoms with E-state index >= 15 is 0 Å². The second-order valence-corrected chi connectivity index (χ2v) is 6.95. The summed E-state index contributed by atoms with van der Waals surface area (Å²) in [6.45, 7) is 5.92. The molecule has 0 bridgehead atoms. The van der Waals surface area contributed by atoms with Crippen molar-refractivity contribution in [2.75, 3.05) is 13.2 Å². The van der Waals surface area contributed by atoms with Gasteiger partial charge in [-0.2, -0.15) is 5.10 Å².